The SMILES string of the molecule is C=CC(CCCCCCCC)Cc1cc(-c2c(F)c(F)c(-c3cc(CC(CC)CCCCCCCC)c(C)s3)c3nsnc23)sc1-c1ccc(-c2c(OCCCCCCCCCCCC)c(OCCCCCCCCCCCC)c(-c3ccc(C)s3)c3nsnc23)s1. The fourth-order valence-electron chi connectivity index (χ4n) is 13.3. The van der Waals surface area contributed by atoms with E-state index >= 15 is 8.78 Å². The summed E-state index contributed by atoms with van der Waals surface area (Å²) in [6.45, 7) is 21.2. The average Bonchev–Trinajstić information content (AvgIpc) is 1.39. The highest BCUT2D eigenvalue weighted by atomic mass is 32.1. The number of rotatable bonds is 49. The summed E-state index contributed by atoms with van der Waals surface area (Å²) < 4.78 is 69.2. The zero-order chi connectivity index (χ0) is 64.9. The van der Waals surface area contributed by atoms with E-state index in [2.05, 4.69) is 97.5 Å². The second-order valence-electron chi connectivity index (χ2n) is 26.3. The lowest BCUT2D eigenvalue weighted by Gasteiger charge is -2.20. The summed E-state index contributed by atoms with van der Waals surface area (Å²) in [6.07, 6.45) is 47.0. The predicted molar refractivity (Wildman–Crippen MR) is 402 cm³/mol. The van der Waals surface area contributed by atoms with Crippen LogP contribution in [0.3, 0.4) is 0 Å². The first kappa shape index (κ1) is 73.9. The van der Waals surface area contributed by atoms with Crippen molar-refractivity contribution in [2.45, 2.75) is 286 Å². The number of fused-ring (bicyclic) bond motifs is 2. The summed E-state index contributed by atoms with van der Waals surface area (Å²) in [5, 5.41) is 0. The van der Waals surface area contributed by atoms with Crippen molar-refractivity contribution in [3.63, 3.8) is 0 Å². The maximum absolute atomic E-state index is 17.6. The van der Waals surface area contributed by atoms with Crippen LogP contribution in [0, 0.1) is 37.3 Å². The van der Waals surface area contributed by atoms with Crippen LogP contribution in [-0.2, 0) is 12.8 Å². The molecule has 0 aliphatic carbocycles. The summed E-state index contributed by atoms with van der Waals surface area (Å²) in [5.41, 5.74) is 7.10. The number of ether oxygens (including phenoxy) is 2. The molecule has 6 heterocycles. The molecule has 0 aliphatic rings. The molecule has 6 nitrogen and oxygen atoms in total. The number of hydrogen-bond donors (Lipinski definition) is 0. The standard InChI is InChI=1S/C78H110F2N4O2S6/c1-9-15-19-23-27-29-31-33-37-41-49-85-76-68(61-46-45-55(7)87-61)74-75(84-92-83-74)69(77(76)86-50-42-38-34-32-30-28-24-20-16-10-2)62-47-48-63(89-62)78-60(52-58(14-6)44-40-36-26-22-18-12-4)54-65(90-78)67-71(80)70(79)66(72-73(67)82-91-81-72)64-53-59(56(8)88-64)51-57(13-5)43-39-35-25-21-17-11-3/h14,45-48,53-54,57-58H,6,9-13,15-44,49-52H2,1-5,7-8H3. The van der Waals surface area contributed by atoms with Gasteiger partial charge in [0.1, 0.15) is 22.1 Å². The highest BCUT2D eigenvalue weighted by molar-refractivity contribution is 7.25. The van der Waals surface area contributed by atoms with E-state index in [1.165, 1.54) is 213 Å². The van der Waals surface area contributed by atoms with Crippen LogP contribution in [0.15, 0.2) is 49.1 Å². The largest absolute Gasteiger partial charge is 0.489 e. The molecule has 0 amide bonds. The lowest BCUT2D eigenvalue weighted by Crippen LogP contribution is -2.06. The van der Waals surface area contributed by atoms with Gasteiger partial charge in [-0.2, -0.15) is 17.5 Å². The summed E-state index contributed by atoms with van der Waals surface area (Å²) in [4.78, 5) is 7.95. The van der Waals surface area contributed by atoms with Crippen molar-refractivity contribution in [2.75, 3.05) is 13.2 Å². The first-order valence-electron chi connectivity index (χ1n) is 36.4. The molecule has 0 fully saturated rings. The Balaban J connectivity index is 1.16. The van der Waals surface area contributed by atoms with Gasteiger partial charge in [-0.1, -0.05) is 246 Å². The molecule has 0 N–H and O–H groups in total. The van der Waals surface area contributed by atoms with E-state index in [9.17, 15) is 0 Å². The minimum absolute atomic E-state index is 0.190. The number of allylic oxidation sites excluding steroid dienone is 1. The van der Waals surface area contributed by atoms with Crippen LogP contribution in [0.2, 0.25) is 0 Å². The highest BCUT2D eigenvalue weighted by Gasteiger charge is 2.32. The molecule has 14 heteroatoms. The van der Waals surface area contributed by atoms with Gasteiger partial charge >= 0.3 is 0 Å². The summed E-state index contributed by atoms with van der Waals surface area (Å²) in [5.74, 6) is 0.533. The zero-order valence-corrected chi connectivity index (χ0v) is 62.2. The Morgan fingerprint density at radius 1 is 0.424 bits per heavy atom. The van der Waals surface area contributed by atoms with E-state index in [-0.39, 0.29) is 17.0 Å². The maximum Gasteiger partial charge on any atom is 0.172 e. The molecule has 0 radical (unpaired) electrons. The Bertz CT molecular complexity index is 3420. The van der Waals surface area contributed by atoms with Gasteiger partial charge in [0.05, 0.1) is 58.9 Å². The Hall–Kier alpha value is -3.92. The molecule has 8 rings (SSSR count). The minimum atomic E-state index is -0.866. The van der Waals surface area contributed by atoms with Gasteiger partial charge in [-0.05, 0) is 105 Å². The fourth-order valence-corrected chi connectivity index (χ4v) is 18.8. The van der Waals surface area contributed by atoms with E-state index in [1.54, 1.807) is 34.0 Å². The van der Waals surface area contributed by atoms with Crippen LogP contribution in [-0.4, -0.2) is 30.7 Å². The van der Waals surface area contributed by atoms with E-state index in [0.717, 1.165) is 138 Å². The second kappa shape index (κ2) is 40.6. The molecule has 2 unspecified atom stereocenters. The lowest BCUT2D eigenvalue weighted by molar-refractivity contribution is 0.260. The van der Waals surface area contributed by atoms with Crippen molar-refractivity contribution in [1.29, 1.82) is 0 Å². The van der Waals surface area contributed by atoms with Crippen LogP contribution in [0.4, 0.5) is 8.78 Å². The van der Waals surface area contributed by atoms with Crippen molar-refractivity contribution < 1.29 is 18.3 Å². The zero-order valence-electron chi connectivity index (χ0n) is 57.3. The fraction of sp³-hybridized carbons (Fsp3) is 0.615. The number of aromatic nitrogens is 4. The van der Waals surface area contributed by atoms with Gasteiger partial charge in [0.25, 0.3) is 0 Å². The molecule has 8 aromatic rings. The molecule has 0 spiro atoms. The third-order valence-corrected chi connectivity index (χ3v) is 24.5. The minimum Gasteiger partial charge on any atom is -0.489 e. The highest BCUT2D eigenvalue weighted by Crippen LogP contribution is 2.55. The van der Waals surface area contributed by atoms with Gasteiger partial charge in [-0.15, -0.1) is 51.9 Å². The number of benzene rings is 2. The first-order chi connectivity index (χ1) is 45.1. The number of hydrogen-bond acceptors (Lipinski definition) is 12. The Labute approximate surface area is 577 Å². The molecule has 6 aromatic heterocycles. The predicted octanol–water partition coefficient (Wildman–Crippen LogP) is 28.2. The van der Waals surface area contributed by atoms with E-state index in [0.29, 0.717) is 35.0 Å². The second-order valence-corrected chi connectivity index (χ2v) is 32.0. The molecular formula is C78H110F2N4O2S6. The van der Waals surface area contributed by atoms with Gasteiger partial charge < -0.3 is 9.47 Å². The van der Waals surface area contributed by atoms with Crippen LogP contribution in [0.5, 0.6) is 11.5 Å². The maximum atomic E-state index is 17.6. The summed E-state index contributed by atoms with van der Waals surface area (Å²) in [6, 6.07) is 13.0. The monoisotopic (exact) mass is 1360 g/mol. The van der Waals surface area contributed by atoms with Crippen LogP contribution in [0.25, 0.3) is 73.6 Å². The quantitative estimate of drug-likeness (QED) is 0.0280. The molecule has 92 heavy (non-hydrogen) atoms. The third kappa shape index (κ3) is 21.0. The lowest BCUT2D eigenvalue weighted by atomic mass is 9.91. The van der Waals surface area contributed by atoms with Gasteiger partial charge in [-0.25, -0.2) is 8.78 Å². The van der Waals surface area contributed by atoms with Crippen molar-refractivity contribution in [2.24, 2.45) is 11.8 Å². The molecule has 0 saturated heterocycles. The van der Waals surface area contributed by atoms with E-state index < -0.39 is 11.6 Å². The molecule has 0 aliphatic heterocycles. The van der Waals surface area contributed by atoms with Gasteiger partial charge in [0.2, 0.25) is 0 Å². The Morgan fingerprint density at radius 2 is 0.826 bits per heavy atom. The van der Waals surface area contributed by atoms with E-state index in [1.807, 2.05) is 0 Å². The van der Waals surface area contributed by atoms with Crippen molar-refractivity contribution in [3.05, 3.63) is 81.6 Å². The molecule has 0 bridgehead atoms. The average molecular weight is 1370 g/mol. The van der Waals surface area contributed by atoms with Crippen molar-refractivity contribution in [1.82, 2.24) is 17.5 Å². The molecule has 2 atom stereocenters. The Kier molecular flexibility index (Phi) is 32.6. The molecule has 2 aromatic carbocycles. The number of halogens is 2. The van der Waals surface area contributed by atoms with Crippen molar-refractivity contribution in [3.8, 4) is 63.0 Å². The van der Waals surface area contributed by atoms with Crippen LogP contribution >= 0.6 is 68.8 Å². The molecule has 0 saturated carbocycles. The number of aryl methyl sites for hydroxylation is 2. The number of thiophene rings is 4. The van der Waals surface area contributed by atoms with E-state index in [4.69, 9.17) is 27.0 Å². The van der Waals surface area contributed by atoms with Crippen LogP contribution in [0.1, 0.15) is 280 Å². The Morgan fingerprint density at radius 3 is 1.28 bits per heavy atom. The van der Waals surface area contributed by atoms with Gasteiger partial charge in [-0.3, -0.25) is 0 Å². The normalized spacial score (nSPS) is 12.5. The first-order valence-corrected chi connectivity index (χ1v) is 41.1. The smallest absolute Gasteiger partial charge is 0.172 e. The number of unbranched alkanes of at least 4 members (excludes halogenated alkanes) is 28. The van der Waals surface area contributed by atoms with Gasteiger partial charge in [0, 0.05) is 39.0 Å². The third-order valence-electron chi connectivity index (χ3n) is 18.9. The number of nitrogens with zero attached hydrogens (tertiary/aromatic N) is 4. The summed E-state index contributed by atoms with van der Waals surface area (Å²) >= 11 is 8.82. The van der Waals surface area contributed by atoms with Gasteiger partial charge in [0.15, 0.2) is 23.1 Å². The molecule has 504 valence electrons. The topological polar surface area (TPSA) is 70.0 Å². The summed E-state index contributed by atoms with van der Waals surface area (Å²) in [7, 11) is 0. The van der Waals surface area contributed by atoms with Crippen LogP contribution < -0.4 is 9.47 Å². The molecular weight excluding hydrogens is 1260 g/mol. The van der Waals surface area contributed by atoms with Crippen molar-refractivity contribution >= 4 is 90.9 Å².